The number of aromatic hydroxyl groups is 1. The number of hydrogen-bond acceptors (Lipinski definition) is 2. The number of phenolic OH excluding ortho intramolecular Hbond substituents is 1. The molecular weight excluding hydrogens is 272 g/mol. The minimum Gasteiger partial charge on any atom is -0.503 e. The van der Waals surface area contributed by atoms with Gasteiger partial charge in [0, 0.05) is 18.1 Å². The first-order valence-corrected chi connectivity index (χ1v) is 6.06. The molecule has 0 aliphatic carbocycles. The van der Waals surface area contributed by atoms with Crippen molar-refractivity contribution in [2.24, 2.45) is 0 Å². The fourth-order valence-electron chi connectivity index (χ4n) is 1.70. The Kier molecular flexibility index (Phi) is 4.35. The van der Waals surface area contributed by atoms with E-state index in [0.29, 0.717) is 17.1 Å². The molecule has 0 aliphatic rings. The maximum atomic E-state index is 13.1. The van der Waals surface area contributed by atoms with Crippen molar-refractivity contribution >= 4 is 11.6 Å². The quantitative estimate of drug-likeness (QED) is 0.898. The van der Waals surface area contributed by atoms with Crippen LogP contribution in [0.25, 0.3) is 0 Å². The van der Waals surface area contributed by atoms with Gasteiger partial charge in [0.25, 0.3) is 0 Å². The van der Waals surface area contributed by atoms with E-state index in [1.165, 1.54) is 0 Å². The van der Waals surface area contributed by atoms with Crippen LogP contribution in [0.1, 0.15) is 11.1 Å². The molecule has 0 radical (unpaired) electrons. The summed E-state index contributed by atoms with van der Waals surface area (Å²) in [6, 6.07) is 9.53. The number of rotatable bonds is 4. The van der Waals surface area contributed by atoms with Gasteiger partial charge in [0.15, 0.2) is 17.4 Å². The zero-order valence-corrected chi connectivity index (χ0v) is 10.7. The van der Waals surface area contributed by atoms with Crippen LogP contribution >= 0.6 is 11.6 Å². The van der Waals surface area contributed by atoms with Crippen molar-refractivity contribution in [2.45, 2.75) is 13.1 Å². The lowest BCUT2D eigenvalue weighted by molar-refractivity contribution is 0.395. The van der Waals surface area contributed by atoms with E-state index < -0.39 is 17.4 Å². The molecule has 0 bridgehead atoms. The first kappa shape index (κ1) is 13.8. The lowest BCUT2D eigenvalue weighted by Crippen LogP contribution is -2.13. The van der Waals surface area contributed by atoms with E-state index in [-0.39, 0.29) is 6.54 Å². The fourth-order valence-corrected chi connectivity index (χ4v) is 1.91. The average Bonchev–Trinajstić information content (AvgIpc) is 2.38. The molecule has 0 unspecified atom stereocenters. The summed E-state index contributed by atoms with van der Waals surface area (Å²) < 4.78 is 26.2. The molecule has 0 amide bonds. The van der Waals surface area contributed by atoms with Crippen molar-refractivity contribution in [3.05, 3.63) is 64.2 Å². The van der Waals surface area contributed by atoms with E-state index in [1.807, 2.05) is 18.2 Å². The van der Waals surface area contributed by atoms with Crippen molar-refractivity contribution in [2.75, 3.05) is 0 Å². The van der Waals surface area contributed by atoms with Crippen LogP contribution in [0.3, 0.4) is 0 Å². The normalized spacial score (nSPS) is 10.7. The molecule has 0 saturated heterocycles. The molecule has 5 heteroatoms. The topological polar surface area (TPSA) is 32.3 Å². The summed E-state index contributed by atoms with van der Waals surface area (Å²) in [5.41, 5.74) is 1.32. The van der Waals surface area contributed by atoms with Crippen LogP contribution in [0.4, 0.5) is 8.78 Å². The predicted octanol–water partition coefficient (Wildman–Crippen LogP) is 3.61. The maximum Gasteiger partial charge on any atom is 0.187 e. The number of benzene rings is 2. The molecule has 0 fully saturated rings. The van der Waals surface area contributed by atoms with Gasteiger partial charge < -0.3 is 10.4 Å². The van der Waals surface area contributed by atoms with Gasteiger partial charge in [0.05, 0.1) is 0 Å². The standard InChI is InChI=1S/C14H12ClF2NO/c15-11-4-2-1-3-10(11)8-18-7-9-5-12(16)14(19)13(17)6-9/h1-6,18-19H,7-8H2. The summed E-state index contributed by atoms with van der Waals surface area (Å²) in [4.78, 5) is 0. The Morgan fingerprint density at radius 2 is 1.68 bits per heavy atom. The summed E-state index contributed by atoms with van der Waals surface area (Å²) in [6.45, 7) is 0.767. The first-order chi connectivity index (χ1) is 9.08. The molecule has 100 valence electrons. The van der Waals surface area contributed by atoms with Gasteiger partial charge >= 0.3 is 0 Å². The smallest absolute Gasteiger partial charge is 0.187 e. The summed E-state index contributed by atoms with van der Waals surface area (Å²) in [5.74, 6) is -2.88. The highest BCUT2D eigenvalue weighted by molar-refractivity contribution is 6.31. The van der Waals surface area contributed by atoms with E-state index >= 15 is 0 Å². The largest absolute Gasteiger partial charge is 0.503 e. The minimum atomic E-state index is -0.963. The molecule has 2 nitrogen and oxygen atoms in total. The number of nitrogens with one attached hydrogen (secondary N) is 1. The third-order valence-corrected chi connectivity index (χ3v) is 3.05. The van der Waals surface area contributed by atoms with Crippen LogP contribution in [0.2, 0.25) is 5.02 Å². The van der Waals surface area contributed by atoms with E-state index in [0.717, 1.165) is 17.7 Å². The van der Waals surface area contributed by atoms with E-state index in [9.17, 15) is 8.78 Å². The number of hydrogen-bond donors (Lipinski definition) is 2. The second-order valence-corrected chi connectivity index (χ2v) is 4.51. The molecule has 2 rings (SSSR count). The molecule has 2 aromatic rings. The summed E-state index contributed by atoms with van der Waals surface area (Å²) >= 11 is 5.98. The van der Waals surface area contributed by atoms with Crippen molar-refractivity contribution in [1.29, 1.82) is 0 Å². The monoisotopic (exact) mass is 283 g/mol. The van der Waals surface area contributed by atoms with Gasteiger partial charge in [-0.1, -0.05) is 29.8 Å². The van der Waals surface area contributed by atoms with Crippen molar-refractivity contribution in [3.8, 4) is 5.75 Å². The molecule has 0 aromatic heterocycles. The molecule has 2 aromatic carbocycles. The minimum absolute atomic E-state index is 0.277. The molecule has 0 saturated carbocycles. The average molecular weight is 284 g/mol. The van der Waals surface area contributed by atoms with Crippen molar-refractivity contribution in [3.63, 3.8) is 0 Å². The van der Waals surface area contributed by atoms with E-state index in [4.69, 9.17) is 16.7 Å². The number of halogens is 3. The first-order valence-electron chi connectivity index (χ1n) is 5.69. The zero-order chi connectivity index (χ0) is 13.8. The van der Waals surface area contributed by atoms with Gasteiger partial charge in [-0.15, -0.1) is 0 Å². The third-order valence-electron chi connectivity index (χ3n) is 2.68. The van der Waals surface area contributed by atoms with Crippen molar-refractivity contribution in [1.82, 2.24) is 5.32 Å². The lowest BCUT2D eigenvalue weighted by atomic mass is 10.2. The van der Waals surface area contributed by atoms with Crippen molar-refractivity contribution < 1.29 is 13.9 Å². The molecular formula is C14H12ClF2NO. The molecule has 0 atom stereocenters. The Morgan fingerprint density at radius 3 is 2.32 bits per heavy atom. The molecule has 0 heterocycles. The van der Waals surface area contributed by atoms with Crippen LogP contribution in [0.5, 0.6) is 5.75 Å². The Labute approximate surface area is 114 Å². The maximum absolute atomic E-state index is 13.1. The highest BCUT2D eigenvalue weighted by Gasteiger charge is 2.09. The molecule has 0 aliphatic heterocycles. The van der Waals surface area contributed by atoms with Gasteiger partial charge in [-0.05, 0) is 29.3 Å². The van der Waals surface area contributed by atoms with Gasteiger partial charge in [0.2, 0.25) is 0 Å². The Hall–Kier alpha value is -1.65. The highest BCUT2D eigenvalue weighted by atomic mass is 35.5. The van der Waals surface area contributed by atoms with Gasteiger partial charge in [0.1, 0.15) is 0 Å². The van der Waals surface area contributed by atoms with Crippen LogP contribution in [-0.4, -0.2) is 5.11 Å². The summed E-state index contributed by atoms with van der Waals surface area (Å²) in [6.07, 6.45) is 0. The fraction of sp³-hybridized carbons (Fsp3) is 0.143. The molecule has 2 N–H and O–H groups in total. The summed E-state index contributed by atoms with van der Waals surface area (Å²) in [5, 5.41) is 12.7. The highest BCUT2D eigenvalue weighted by Crippen LogP contribution is 2.21. The lowest BCUT2D eigenvalue weighted by Gasteiger charge is -2.08. The van der Waals surface area contributed by atoms with Crippen LogP contribution in [-0.2, 0) is 13.1 Å². The van der Waals surface area contributed by atoms with Gasteiger partial charge in [-0.3, -0.25) is 0 Å². The molecule has 19 heavy (non-hydrogen) atoms. The Balaban J connectivity index is 1.98. The zero-order valence-electron chi connectivity index (χ0n) is 9.96. The Bertz CT molecular complexity index is 566. The summed E-state index contributed by atoms with van der Waals surface area (Å²) in [7, 11) is 0. The van der Waals surface area contributed by atoms with Crippen LogP contribution in [0, 0.1) is 11.6 Å². The van der Waals surface area contributed by atoms with Crippen LogP contribution in [0.15, 0.2) is 36.4 Å². The predicted molar refractivity (Wildman–Crippen MR) is 70.0 cm³/mol. The van der Waals surface area contributed by atoms with E-state index in [1.54, 1.807) is 6.07 Å². The SMILES string of the molecule is Oc1c(F)cc(CNCc2ccccc2Cl)cc1F. The second kappa shape index (κ2) is 5.99. The van der Waals surface area contributed by atoms with Gasteiger partial charge in [-0.2, -0.15) is 0 Å². The van der Waals surface area contributed by atoms with Gasteiger partial charge in [-0.25, -0.2) is 8.78 Å². The molecule has 0 spiro atoms. The third kappa shape index (κ3) is 3.43. The Morgan fingerprint density at radius 1 is 1.05 bits per heavy atom. The second-order valence-electron chi connectivity index (χ2n) is 4.10. The van der Waals surface area contributed by atoms with Crippen LogP contribution < -0.4 is 5.32 Å². The van der Waals surface area contributed by atoms with E-state index in [2.05, 4.69) is 5.32 Å². The number of phenols is 1.